The van der Waals surface area contributed by atoms with Crippen molar-refractivity contribution in [3.63, 3.8) is 0 Å². The molecule has 0 radical (unpaired) electrons. The summed E-state index contributed by atoms with van der Waals surface area (Å²) in [5.41, 5.74) is 0.669. The first-order valence-corrected chi connectivity index (χ1v) is 15.4. The van der Waals surface area contributed by atoms with Gasteiger partial charge >= 0.3 is 0 Å². The number of aliphatic hydroxyl groups excluding tert-OH is 1. The van der Waals surface area contributed by atoms with Crippen LogP contribution in [0.2, 0.25) is 0 Å². The van der Waals surface area contributed by atoms with Gasteiger partial charge in [0.15, 0.2) is 16.4 Å². The number of likely N-dealkylation sites (N-methyl/N-ethyl adjacent to an activating group) is 1. The van der Waals surface area contributed by atoms with Gasteiger partial charge < -0.3 is 24.2 Å². The third kappa shape index (κ3) is 6.58. The van der Waals surface area contributed by atoms with Gasteiger partial charge in [-0.3, -0.25) is 9.52 Å². The second-order valence-corrected chi connectivity index (χ2v) is 12.9. The number of anilines is 1. The lowest BCUT2D eigenvalue weighted by atomic mass is 9.89. The molecule has 2 aromatic rings. The monoisotopic (exact) mass is 562 g/mol. The Bertz CT molecular complexity index is 1240. The number of para-hydroxylation sites is 1. The molecular weight excluding hydrogens is 520 g/mol. The van der Waals surface area contributed by atoms with E-state index < -0.39 is 16.1 Å². The highest BCUT2D eigenvalue weighted by molar-refractivity contribution is 7.92. The van der Waals surface area contributed by atoms with Crippen LogP contribution in [0.3, 0.4) is 0 Å². The van der Waals surface area contributed by atoms with Gasteiger partial charge in [-0.2, -0.15) is 0 Å². The van der Waals surface area contributed by atoms with Gasteiger partial charge in [0, 0.05) is 25.6 Å². The van der Waals surface area contributed by atoms with Crippen LogP contribution in [-0.4, -0.2) is 79.8 Å². The summed E-state index contributed by atoms with van der Waals surface area (Å²) in [5.74, 6) is 0.637. The molecule has 11 heteroatoms. The van der Waals surface area contributed by atoms with Crippen LogP contribution in [-0.2, 0) is 10.0 Å². The summed E-state index contributed by atoms with van der Waals surface area (Å²) in [4.78, 5) is 17.6. The fraction of sp³-hybridized carbons (Fsp3) is 0.643. The molecule has 1 fully saturated rings. The summed E-state index contributed by atoms with van der Waals surface area (Å²) in [5, 5.41) is 13.7. The molecule has 3 atom stereocenters. The number of fused-ring (bicyclic) bond motifs is 1. The van der Waals surface area contributed by atoms with Gasteiger partial charge in [-0.05, 0) is 58.7 Å². The molecule has 0 unspecified atom stereocenters. The second kappa shape index (κ2) is 12.3. The van der Waals surface area contributed by atoms with E-state index in [2.05, 4.69) is 21.8 Å². The maximum absolute atomic E-state index is 13.7. The van der Waals surface area contributed by atoms with Gasteiger partial charge in [0.25, 0.3) is 15.9 Å². The average molecular weight is 563 g/mol. The molecule has 1 aromatic carbocycles. The van der Waals surface area contributed by atoms with Gasteiger partial charge in [-0.1, -0.05) is 37.4 Å². The number of hydrogen-bond donors (Lipinski definition) is 2. The normalized spacial score (nSPS) is 21.7. The Hall–Kier alpha value is -2.63. The van der Waals surface area contributed by atoms with E-state index in [0.29, 0.717) is 19.0 Å². The molecule has 4 rings (SSSR count). The smallest absolute Gasteiger partial charge is 0.267 e. The number of nitrogens with one attached hydrogen (secondary N) is 1. The number of nitrogens with zero attached hydrogens (tertiary/aromatic N) is 3. The third-order valence-electron chi connectivity index (χ3n) is 7.96. The topological polar surface area (TPSA) is 125 Å². The number of benzene rings is 1. The number of sulfonamides is 1. The quantitative estimate of drug-likeness (QED) is 0.473. The molecule has 0 bridgehead atoms. The fourth-order valence-electron chi connectivity index (χ4n) is 5.79. The first-order valence-electron chi connectivity index (χ1n) is 13.9. The molecule has 1 aromatic heterocycles. The highest BCUT2D eigenvalue weighted by Crippen LogP contribution is 2.37. The molecule has 2 heterocycles. The lowest BCUT2D eigenvalue weighted by Gasteiger charge is -2.39. The molecule has 2 aliphatic rings. The molecule has 1 aliphatic carbocycles. The number of carbonyl (C=O) groups is 1. The molecular formula is C28H42N4O6S. The number of aliphatic hydroxyl groups is 1. The van der Waals surface area contributed by atoms with Crippen molar-refractivity contribution in [3.8, 4) is 5.75 Å². The zero-order valence-corrected chi connectivity index (χ0v) is 24.5. The highest BCUT2D eigenvalue weighted by atomic mass is 32.2. The minimum atomic E-state index is -4.07. The Labute approximate surface area is 231 Å². The molecule has 2 N–H and O–H groups in total. The minimum Gasteiger partial charge on any atom is -0.486 e. The molecule has 0 saturated heterocycles. The first-order chi connectivity index (χ1) is 18.5. The Morgan fingerprint density at radius 3 is 2.56 bits per heavy atom. The molecule has 39 heavy (non-hydrogen) atoms. The number of amides is 1. The minimum absolute atomic E-state index is 0.0371. The van der Waals surface area contributed by atoms with Gasteiger partial charge in [0.05, 0.1) is 23.9 Å². The van der Waals surface area contributed by atoms with Crippen LogP contribution in [0.4, 0.5) is 5.69 Å². The van der Waals surface area contributed by atoms with Crippen LogP contribution in [0.25, 0.3) is 0 Å². The molecule has 0 spiro atoms. The Morgan fingerprint density at radius 2 is 1.92 bits per heavy atom. The number of aryl methyl sites for hydroxylation is 2. The number of carbonyl (C=O) groups excluding carboxylic acids is 1. The summed E-state index contributed by atoms with van der Waals surface area (Å²) in [6, 6.07) is 4.45. The van der Waals surface area contributed by atoms with Gasteiger partial charge in [0.1, 0.15) is 11.8 Å². The van der Waals surface area contributed by atoms with E-state index in [1.54, 1.807) is 36.9 Å². The number of hydrogen-bond acceptors (Lipinski definition) is 8. The van der Waals surface area contributed by atoms with Crippen LogP contribution in [0.5, 0.6) is 5.75 Å². The number of aromatic nitrogens is 1. The standard InChI is InChI=1S/C28H42N4O6S/c1-18-14-32(19(2)17-33)28(34)23-12-9-13-24(30-39(35,36)27-20(3)29-38-21(27)4)26(23)37-25(18)16-31(5)15-22-10-7-6-8-11-22/h9,12-13,18-19,22,25,30,33H,6-8,10-11,14-17H2,1-5H3/t18-,19+,25-/m0/s1. The Balaban J connectivity index is 1.70. The first kappa shape index (κ1) is 29.4. The van der Waals surface area contributed by atoms with E-state index in [1.165, 1.54) is 39.0 Å². The fourth-order valence-corrected chi connectivity index (χ4v) is 7.18. The largest absolute Gasteiger partial charge is 0.486 e. The predicted molar refractivity (Wildman–Crippen MR) is 148 cm³/mol. The number of rotatable bonds is 9. The predicted octanol–water partition coefficient (Wildman–Crippen LogP) is 3.82. The van der Waals surface area contributed by atoms with Crippen LogP contribution < -0.4 is 9.46 Å². The van der Waals surface area contributed by atoms with Crippen LogP contribution in [0, 0.1) is 25.7 Å². The van der Waals surface area contributed by atoms with Crippen molar-refractivity contribution in [1.29, 1.82) is 0 Å². The van der Waals surface area contributed by atoms with E-state index in [-0.39, 0.29) is 57.9 Å². The Morgan fingerprint density at radius 1 is 1.21 bits per heavy atom. The SMILES string of the molecule is Cc1noc(C)c1S(=O)(=O)Nc1cccc2c1O[C@@H](CN(C)CC1CCCCC1)[C@@H](C)CN([C@H](C)CO)C2=O. The summed E-state index contributed by atoms with van der Waals surface area (Å²) in [6.45, 7) is 8.77. The van der Waals surface area contributed by atoms with Crippen molar-refractivity contribution >= 4 is 21.6 Å². The lowest BCUT2D eigenvalue weighted by molar-refractivity contribution is 0.0333. The van der Waals surface area contributed by atoms with E-state index >= 15 is 0 Å². The van der Waals surface area contributed by atoms with E-state index in [1.807, 2.05) is 6.92 Å². The van der Waals surface area contributed by atoms with Crippen LogP contribution in [0.15, 0.2) is 27.6 Å². The van der Waals surface area contributed by atoms with Crippen LogP contribution >= 0.6 is 0 Å². The highest BCUT2D eigenvalue weighted by Gasteiger charge is 2.36. The summed E-state index contributed by atoms with van der Waals surface area (Å²) in [7, 11) is -1.98. The summed E-state index contributed by atoms with van der Waals surface area (Å²) < 4.78 is 41.1. The maximum atomic E-state index is 13.7. The zero-order chi connectivity index (χ0) is 28.3. The van der Waals surface area contributed by atoms with Crippen molar-refractivity contribution in [2.75, 3.05) is 38.0 Å². The molecule has 1 amide bonds. The molecule has 1 aliphatic heterocycles. The maximum Gasteiger partial charge on any atom is 0.267 e. The molecule has 10 nitrogen and oxygen atoms in total. The molecule has 1 saturated carbocycles. The summed E-state index contributed by atoms with van der Waals surface area (Å²) >= 11 is 0. The van der Waals surface area contributed by atoms with Crippen molar-refractivity contribution in [2.45, 2.75) is 76.8 Å². The second-order valence-electron chi connectivity index (χ2n) is 11.3. The van der Waals surface area contributed by atoms with Crippen molar-refractivity contribution in [1.82, 2.24) is 15.0 Å². The number of ether oxygens (including phenoxy) is 1. The van der Waals surface area contributed by atoms with E-state index in [4.69, 9.17) is 9.26 Å². The van der Waals surface area contributed by atoms with E-state index in [9.17, 15) is 18.3 Å². The average Bonchev–Trinajstić information content (AvgIpc) is 3.25. The zero-order valence-electron chi connectivity index (χ0n) is 23.6. The van der Waals surface area contributed by atoms with Crippen molar-refractivity contribution < 1.29 is 27.6 Å². The van der Waals surface area contributed by atoms with Gasteiger partial charge in [-0.15, -0.1) is 0 Å². The lowest BCUT2D eigenvalue weighted by Crippen LogP contribution is -2.50. The summed E-state index contributed by atoms with van der Waals surface area (Å²) in [6.07, 6.45) is 6.00. The van der Waals surface area contributed by atoms with Gasteiger partial charge in [-0.25, -0.2) is 8.42 Å². The van der Waals surface area contributed by atoms with Crippen LogP contribution in [0.1, 0.15) is 67.8 Å². The van der Waals surface area contributed by atoms with E-state index in [0.717, 1.165) is 6.54 Å². The van der Waals surface area contributed by atoms with Gasteiger partial charge in [0.2, 0.25) is 0 Å². The van der Waals surface area contributed by atoms with Crippen molar-refractivity contribution in [3.05, 3.63) is 35.2 Å². The third-order valence-corrected chi connectivity index (χ3v) is 9.57. The molecule has 216 valence electrons. The van der Waals surface area contributed by atoms with Crippen molar-refractivity contribution in [2.24, 2.45) is 11.8 Å². The Kier molecular flexibility index (Phi) is 9.23.